The number of nitrogens with zero attached hydrogens (tertiary/aromatic N) is 1. The van der Waals surface area contributed by atoms with Crippen molar-refractivity contribution in [2.75, 3.05) is 0 Å². The summed E-state index contributed by atoms with van der Waals surface area (Å²) < 4.78 is 1.43. The van der Waals surface area contributed by atoms with Gasteiger partial charge in [-0.05, 0) is 0 Å². The summed E-state index contributed by atoms with van der Waals surface area (Å²) in [6.45, 7) is 2.13. The van der Waals surface area contributed by atoms with Crippen LogP contribution in [0, 0.1) is 6.92 Å². The summed E-state index contributed by atoms with van der Waals surface area (Å²) in [7, 11) is 0. The second kappa shape index (κ2) is 6.71. The maximum atomic E-state index is 4.39. The molecule has 21 heavy (non-hydrogen) atoms. The number of aromatic nitrogens is 1. The Morgan fingerprint density at radius 1 is 0.857 bits per heavy atom. The van der Waals surface area contributed by atoms with E-state index in [1.54, 1.807) is 0 Å². The van der Waals surface area contributed by atoms with Crippen LogP contribution in [-0.2, 0) is 5.32 Å². The van der Waals surface area contributed by atoms with Gasteiger partial charge in [-0.25, -0.2) is 0 Å². The van der Waals surface area contributed by atoms with Crippen molar-refractivity contribution in [3.8, 4) is 11.3 Å². The SMILES string of the molecule is Cc1ccc(C[Se]c2ccc(-c3ccccn3)cc2)cc1. The number of hydrogen-bond acceptors (Lipinski definition) is 1. The zero-order valence-electron chi connectivity index (χ0n) is 12.0. The first-order valence-corrected chi connectivity index (χ1v) is 9.08. The van der Waals surface area contributed by atoms with Gasteiger partial charge in [0.05, 0.1) is 0 Å². The number of rotatable bonds is 4. The molecule has 0 unspecified atom stereocenters. The third-order valence-corrected chi connectivity index (χ3v) is 5.61. The van der Waals surface area contributed by atoms with Gasteiger partial charge in [0.25, 0.3) is 0 Å². The van der Waals surface area contributed by atoms with E-state index < -0.39 is 0 Å². The van der Waals surface area contributed by atoms with Crippen molar-refractivity contribution >= 4 is 19.4 Å². The van der Waals surface area contributed by atoms with Crippen molar-refractivity contribution in [3.05, 3.63) is 84.1 Å². The Labute approximate surface area is 132 Å². The molecule has 0 saturated heterocycles. The van der Waals surface area contributed by atoms with Gasteiger partial charge in [0.2, 0.25) is 0 Å². The van der Waals surface area contributed by atoms with Crippen molar-refractivity contribution < 1.29 is 0 Å². The van der Waals surface area contributed by atoms with Crippen LogP contribution in [-0.4, -0.2) is 19.9 Å². The normalized spacial score (nSPS) is 10.5. The molecular weight excluding hydrogens is 321 g/mol. The summed E-state index contributed by atoms with van der Waals surface area (Å²) >= 11 is 0.484. The Balaban J connectivity index is 1.66. The topological polar surface area (TPSA) is 12.9 Å². The van der Waals surface area contributed by atoms with E-state index in [9.17, 15) is 0 Å². The van der Waals surface area contributed by atoms with Crippen LogP contribution in [0.25, 0.3) is 11.3 Å². The molecule has 0 aliphatic rings. The van der Waals surface area contributed by atoms with Crippen LogP contribution in [0.15, 0.2) is 72.9 Å². The molecule has 2 aromatic carbocycles. The molecule has 0 aliphatic carbocycles. The van der Waals surface area contributed by atoms with Crippen LogP contribution in [0.3, 0.4) is 0 Å². The van der Waals surface area contributed by atoms with Crippen molar-refractivity contribution in [3.63, 3.8) is 0 Å². The fourth-order valence-corrected chi connectivity index (χ4v) is 3.90. The molecule has 2 heteroatoms. The molecule has 1 nitrogen and oxygen atoms in total. The number of benzene rings is 2. The molecule has 0 spiro atoms. The van der Waals surface area contributed by atoms with E-state index in [1.807, 2.05) is 24.4 Å². The van der Waals surface area contributed by atoms with Crippen LogP contribution in [0.5, 0.6) is 0 Å². The quantitative estimate of drug-likeness (QED) is 0.663. The summed E-state index contributed by atoms with van der Waals surface area (Å²) in [5.41, 5.74) is 4.97. The van der Waals surface area contributed by atoms with Crippen LogP contribution in [0.2, 0.25) is 0 Å². The van der Waals surface area contributed by atoms with Gasteiger partial charge in [0, 0.05) is 0 Å². The second-order valence-corrected chi connectivity index (χ2v) is 7.21. The minimum absolute atomic E-state index is 0.484. The molecule has 0 amide bonds. The van der Waals surface area contributed by atoms with E-state index in [0.29, 0.717) is 15.0 Å². The predicted molar refractivity (Wildman–Crippen MR) is 89.9 cm³/mol. The molecule has 1 aromatic heterocycles. The molecule has 0 fully saturated rings. The Morgan fingerprint density at radius 2 is 1.62 bits per heavy atom. The average Bonchev–Trinajstić information content (AvgIpc) is 2.56. The first-order valence-electron chi connectivity index (χ1n) is 7.01. The Kier molecular flexibility index (Phi) is 4.49. The summed E-state index contributed by atoms with van der Waals surface area (Å²) in [5, 5.41) is 1.15. The Hall–Kier alpha value is -1.89. The molecule has 1 heterocycles. The molecule has 3 aromatic rings. The van der Waals surface area contributed by atoms with E-state index in [2.05, 4.69) is 60.4 Å². The van der Waals surface area contributed by atoms with Gasteiger partial charge in [-0.2, -0.15) is 0 Å². The Morgan fingerprint density at radius 3 is 2.29 bits per heavy atom. The van der Waals surface area contributed by atoms with Gasteiger partial charge in [-0.3, -0.25) is 0 Å². The van der Waals surface area contributed by atoms with Crippen molar-refractivity contribution in [2.24, 2.45) is 0 Å². The van der Waals surface area contributed by atoms with Crippen molar-refractivity contribution in [2.45, 2.75) is 12.2 Å². The van der Waals surface area contributed by atoms with Gasteiger partial charge >= 0.3 is 132 Å². The maximum absolute atomic E-state index is 4.39. The molecule has 0 bridgehead atoms. The molecule has 3 rings (SSSR count). The fraction of sp³-hybridized carbons (Fsp3) is 0.105. The zero-order valence-corrected chi connectivity index (χ0v) is 13.7. The third kappa shape index (κ3) is 3.81. The van der Waals surface area contributed by atoms with Crippen LogP contribution in [0.4, 0.5) is 0 Å². The molecule has 0 N–H and O–H groups in total. The van der Waals surface area contributed by atoms with Gasteiger partial charge in [0.1, 0.15) is 0 Å². The fourth-order valence-electron chi connectivity index (χ4n) is 2.11. The standard InChI is InChI=1S/C19H17NSe/c1-15-5-7-16(8-6-15)14-21-18-11-9-17(10-12-18)19-4-2-3-13-20-19/h2-13H,14H2,1H3. The summed E-state index contributed by atoms with van der Waals surface area (Å²) in [4.78, 5) is 4.39. The second-order valence-electron chi connectivity index (χ2n) is 5.01. The van der Waals surface area contributed by atoms with Crippen molar-refractivity contribution in [1.82, 2.24) is 4.98 Å². The van der Waals surface area contributed by atoms with E-state index in [1.165, 1.54) is 21.2 Å². The van der Waals surface area contributed by atoms with Gasteiger partial charge in [0.15, 0.2) is 0 Å². The first-order chi connectivity index (χ1) is 10.3. The van der Waals surface area contributed by atoms with Crippen molar-refractivity contribution in [1.29, 1.82) is 0 Å². The zero-order chi connectivity index (χ0) is 14.5. The van der Waals surface area contributed by atoms with Crippen LogP contribution >= 0.6 is 0 Å². The molecule has 0 saturated carbocycles. The summed E-state index contributed by atoms with van der Waals surface area (Å²) in [6, 6.07) is 23.7. The van der Waals surface area contributed by atoms with E-state index in [4.69, 9.17) is 0 Å². The Bertz CT molecular complexity index is 688. The summed E-state index contributed by atoms with van der Waals surface area (Å²) in [5.74, 6) is 0. The predicted octanol–water partition coefficient (Wildman–Crippen LogP) is 3.59. The van der Waals surface area contributed by atoms with E-state index in [0.717, 1.165) is 11.0 Å². The third-order valence-electron chi connectivity index (χ3n) is 3.34. The average molecular weight is 338 g/mol. The van der Waals surface area contributed by atoms with Gasteiger partial charge < -0.3 is 0 Å². The number of hydrogen-bond donors (Lipinski definition) is 0. The molecule has 0 atom stereocenters. The molecule has 104 valence electrons. The molecular formula is C19H17NSe. The molecule has 0 aliphatic heterocycles. The van der Waals surface area contributed by atoms with E-state index >= 15 is 0 Å². The van der Waals surface area contributed by atoms with E-state index in [-0.39, 0.29) is 0 Å². The minimum atomic E-state index is 0.484. The summed E-state index contributed by atoms with van der Waals surface area (Å²) in [6.07, 6.45) is 1.84. The monoisotopic (exact) mass is 339 g/mol. The first kappa shape index (κ1) is 14.1. The number of aryl methyl sites for hydroxylation is 1. The number of pyridine rings is 1. The van der Waals surface area contributed by atoms with Gasteiger partial charge in [-0.15, -0.1) is 0 Å². The van der Waals surface area contributed by atoms with Gasteiger partial charge in [-0.1, -0.05) is 0 Å². The van der Waals surface area contributed by atoms with Crippen LogP contribution in [0.1, 0.15) is 11.1 Å². The molecule has 0 radical (unpaired) electrons. The van der Waals surface area contributed by atoms with Crippen LogP contribution < -0.4 is 4.46 Å².